The molecular weight excluding hydrogens is 586 g/mol. The molecule has 2 bridgehead atoms. The van der Waals surface area contributed by atoms with Crippen LogP contribution in [0.25, 0.3) is 0 Å². The molecule has 0 unspecified atom stereocenters. The van der Waals surface area contributed by atoms with Gasteiger partial charge in [-0.05, 0) is 74.0 Å². The van der Waals surface area contributed by atoms with Crippen molar-refractivity contribution in [2.75, 3.05) is 5.75 Å². The van der Waals surface area contributed by atoms with Gasteiger partial charge in [0, 0.05) is 28.9 Å². The molecule has 0 radical (unpaired) electrons. The molecule has 43 heavy (non-hydrogen) atoms. The van der Waals surface area contributed by atoms with Crippen molar-refractivity contribution in [1.29, 1.82) is 5.41 Å². The van der Waals surface area contributed by atoms with Crippen LogP contribution in [0.2, 0.25) is 5.02 Å². The number of sulfonamides is 1. The van der Waals surface area contributed by atoms with E-state index in [1.54, 1.807) is 12.1 Å². The van der Waals surface area contributed by atoms with E-state index in [0.717, 1.165) is 76.2 Å². The molecule has 0 amide bonds. The van der Waals surface area contributed by atoms with Crippen LogP contribution >= 0.6 is 11.6 Å². The summed E-state index contributed by atoms with van der Waals surface area (Å²) in [7, 11) is -3.59. The van der Waals surface area contributed by atoms with Crippen molar-refractivity contribution in [3.8, 4) is 0 Å². The molecule has 5 aliphatic rings. The Balaban J connectivity index is 1.28. The maximum atomic E-state index is 14.7. The molecule has 1 aliphatic heterocycles. The minimum Gasteiger partial charge on any atom is -0.333 e. The average molecular weight is 633 g/mol. The van der Waals surface area contributed by atoms with E-state index in [0.29, 0.717) is 22.3 Å². The Bertz CT molecular complexity index is 1330. The first-order valence-electron chi connectivity index (χ1n) is 16.4. The van der Waals surface area contributed by atoms with Crippen molar-refractivity contribution >= 4 is 27.5 Å². The lowest BCUT2D eigenvalue weighted by Crippen LogP contribution is -2.55. The fraction of sp³-hybridized carbons (Fsp3) is 0.758. The van der Waals surface area contributed by atoms with Gasteiger partial charge in [0.05, 0.1) is 28.6 Å². The van der Waals surface area contributed by atoms with Gasteiger partial charge >= 0.3 is 5.70 Å². The highest BCUT2D eigenvalue weighted by atomic mass is 35.5. The van der Waals surface area contributed by atoms with Gasteiger partial charge in [0.2, 0.25) is 10.0 Å². The fourth-order valence-corrected chi connectivity index (χ4v) is 12.3. The number of ether oxygens (including phenoxy) is 1. The summed E-state index contributed by atoms with van der Waals surface area (Å²) in [5, 5.41) is 8.34. The lowest BCUT2D eigenvalue weighted by molar-refractivity contribution is -0.802. The summed E-state index contributed by atoms with van der Waals surface area (Å²) in [4.78, 5) is 19.0. The van der Waals surface area contributed by atoms with Gasteiger partial charge < -0.3 is 4.74 Å². The van der Waals surface area contributed by atoms with E-state index >= 15 is 0 Å². The Kier molecular flexibility index (Phi) is 8.86. The van der Waals surface area contributed by atoms with Gasteiger partial charge in [0.25, 0.3) is 11.2 Å². The fourth-order valence-electron chi connectivity index (χ4n) is 9.38. The molecule has 1 saturated heterocycles. The highest BCUT2D eigenvalue weighted by molar-refractivity contribution is 7.89. The molecule has 5 atom stereocenters. The monoisotopic (exact) mass is 632 g/mol. The van der Waals surface area contributed by atoms with Crippen LogP contribution in [-0.4, -0.2) is 53.7 Å². The summed E-state index contributed by atoms with van der Waals surface area (Å²) in [6.07, 6.45) is 12.3. The number of nitrogens with one attached hydrogen (secondary N) is 1. The smallest absolute Gasteiger partial charge is 0.333 e. The summed E-state index contributed by atoms with van der Waals surface area (Å²) >= 11 is 6.11. The molecule has 8 nitrogen and oxygen atoms in total. The van der Waals surface area contributed by atoms with Gasteiger partial charge in [-0.3, -0.25) is 5.41 Å². The minimum atomic E-state index is -3.59. The number of nitrogens with zero attached hydrogens (tertiary/aromatic N) is 2. The Labute approximate surface area is 261 Å². The second-order valence-electron chi connectivity index (χ2n) is 14.3. The predicted octanol–water partition coefficient (Wildman–Crippen LogP) is 7.50. The normalized spacial score (nSPS) is 33.5. The summed E-state index contributed by atoms with van der Waals surface area (Å²) in [5.41, 5.74) is 0.126. The molecule has 1 heterocycles. The van der Waals surface area contributed by atoms with Crippen molar-refractivity contribution in [3.05, 3.63) is 45.5 Å². The zero-order chi connectivity index (χ0) is 30.4. The molecule has 0 aromatic heterocycles. The molecule has 4 aliphatic carbocycles. The predicted molar refractivity (Wildman–Crippen MR) is 166 cm³/mol. The second kappa shape index (κ2) is 12.2. The lowest BCUT2D eigenvalue weighted by atomic mass is 9.69. The van der Waals surface area contributed by atoms with Crippen LogP contribution in [0.1, 0.15) is 115 Å². The number of allylic oxidation sites excluding steroid dienone is 1. The molecule has 0 spiro atoms. The number of hydrogen-bond donors (Lipinski definition) is 1. The van der Waals surface area contributed by atoms with Crippen molar-refractivity contribution < 1.29 is 22.9 Å². The lowest BCUT2D eigenvalue weighted by Gasteiger charge is -2.46. The second-order valence-corrected chi connectivity index (χ2v) is 16.6. The molecule has 1 aromatic rings. The van der Waals surface area contributed by atoms with Crippen LogP contribution in [-0.2, 0) is 19.6 Å². The molecule has 6 rings (SSSR count). The van der Waals surface area contributed by atoms with E-state index in [1.165, 1.54) is 12.8 Å². The van der Waals surface area contributed by atoms with Crippen molar-refractivity contribution in [2.24, 2.45) is 16.7 Å². The third-order valence-corrected chi connectivity index (χ3v) is 14.2. The van der Waals surface area contributed by atoms with Crippen LogP contribution in [0.15, 0.2) is 30.0 Å². The van der Waals surface area contributed by atoms with E-state index in [9.17, 15) is 13.3 Å². The maximum Gasteiger partial charge on any atom is 0.361 e. The van der Waals surface area contributed by atoms with Gasteiger partial charge in [0.15, 0.2) is 0 Å². The van der Waals surface area contributed by atoms with Crippen molar-refractivity contribution in [1.82, 2.24) is 4.31 Å². The Morgan fingerprint density at radius 1 is 1.00 bits per heavy atom. The van der Waals surface area contributed by atoms with Crippen LogP contribution in [0, 0.1) is 27.1 Å². The first-order chi connectivity index (χ1) is 20.6. The average Bonchev–Trinajstić information content (AvgIpc) is 3.33. The van der Waals surface area contributed by atoms with Gasteiger partial charge in [-0.15, -0.1) is 0 Å². The summed E-state index contributed by atoms with van der Waals surface area (Å²) in [5.74, 6) is 2.26. The molecule has 5 fully saturated rings. The molecule has 1 aromatic carbocycles. The molecule has 1 N–H and O–H groups in total. The number of benzene rings is 1. The van der Waals surface area contributed by atoms with Gasteiger partial charge in [-0.25, -0.2) is 8.42 Å². The molecule has 236 valence electrons. The first-order valence-corrected chi connectivity index (χ1v) is 18.4. The van der Waals surface area contributed by atoms with E-state index < -0.39 is 27.6 Å². The quantitative estimate of drug-likeness (QED) is 0.299. The molecular formula is C33H47ClN3O5S+. The number of rotatable bonds is 8. The van der Waals surface area contributed by atoms with Crippen molar-refractivity contribution in [3.63, 3.8) is 0 Å². The highest BCUT2D eigenvalue weighted by Crippen LogP contribution is 2.67. The van der Waals surface area contributed by atoms with Crippen molar-refractivity contribution in [2.45, 2.75) is 134 Å². The minimum absolute atomic E-state index is 0.0846. The van der Waals surface area contributed by atoms with Crippen LogP contribution in [0.3, 0.4) is 0 Å². The van der Waals surface area contributed by atoms with Gasteiger partial charge in [-0.1, -0.05) is 76.1 Å². The third-order valence-electron chi connectivity index (χ3n) is 11.9. The largest absolute Gasteiger partial charge is 0.361 e. The van der Waals surface area contributed by atoms with E-state index in [2.05, 4.69) is 19.7 Å². The highest BCUT2D eigenvalue weighted by Gasteiger charge is 2.67. The van der Waals surface area contributed by atoms with Crippen LogP contribution < -0.4 is 0 Å². The maximum absolute atomic E-state index is 14.7. The SMILES string of the molecule is CC1(C)[C@@H]2CC[C@@]1(CS(=O)(=O)N(C1CCCCC1)C1CCCCC1)[C@H](O[C@@H]1C[C@H](c3ccc(Cl)cc3)C(=C=N)[N+](=O)O1)C2. The number of hydrogen-bond acceptors (Lipinski definition) is 6. The summed E-state index contributed by atoms with van der Waals surface area (Å²) in [6, 6.07) is 7.42. The first kappa shape index (κ1) is 31.2. The van der Waals surface area contributed by atoms with E-state index in [-0.39, 0.29) is 35.1 Å². The number of halogens is 1. The summed E-state index contributed by atoms with van der Waals surface area (Å²) in [6.45, 7) is 4.45. The van der Waals surface area contributed by atoms with Crippen LogP contribution in [0.4, 0.5) is 0 Å². The zero-order valence-electron chi connectivity index (χ0n) is 25.6. The number of fused-ring (bicyclic) bond motifs is 2. The standard InChI is InChI=1S/C33H47ClN3O5S/c1-32(2)24-17-18-33(32,22-43(39,40)36(26-9-5-3-6-10-26)27-11-7-4-8-12-27)30(19-24)41-31-20-28(29(21-35)37(38)42-31)23-13-15-25(34)16-14-23/h13-16,24,26-28,30-31,35H,3-12,17-20,22H2,1-2H3/q+1/t24-,28-,30-,31+,33-/m1/s1. The molecule has 10 heteroatoms. The van der Waals surface area contributed by atoms with Crippen LogP contribution in [0.5, 0.6) is 0 Å². The molecule has 4 saturated carbocycles. The zero-order valence-corrected chi connectivity index (χ0v) is 27.2. The third kappa shape index (κ3) is 5.74. The van der Waals surface area contributed by atoms with E-state index in [1.807, 2.05) is 16.4 Å². The Hall–Kier alpha value is -1.77. The van der Waals surface area contributed by atoms with Gasteiger partial charge in [-0.2, -0.15) is 9.14 Å². The topological polar surface area (TPSA) is 99.8 Å². The Morgan fingerprint density at radius 2 is 1.60 bits per heavy atom. The van der Waals surface area contributed by atoms with E-state index in [4.69, 9.17) is 26.6 Å². The van der Waals surface area contributed by atoms with Gasteiger partial charge in [0.1, 0.15) is 0 Å². The Morgan fingerprint density at radius 3 is 2.16 bits per heavy atom. The summed E-state index contributed by atoms with van der Waals surface area (Å²) < 4.78 is 38.2.